The fraction of sp³-hybridized carbons (Fsp3) is 0.333. The number of aliphatic imine (C=N–C) groups is 1. The van der Waals surface area contributed by atoms with Gasteiger partial charge in [0.15, 0.2) is 0 Å². The van der Waals surface area contributed by atoms with Crippen LogP contribution in [0.2, 0.25) is 13.1 Å². The third-order valence-electron chi connectivity index (χ3n) is 8.06. The molecule has 1 amide bonds. The molecular weight excluding hydrogens is 460 g/mol. The fourth-order valence-corrected chi connectivity index (χ4v) is 8.99. The number of nitrogens with zero attached hydrogens (tertiary/aromatic N) is 1. The first kappa shape index (κ1) is 24.5. The van der Waals surface area contributed by atoms with E-state index in [1.165, 1.54) is 27.1 Å². The molecule has 0 bridgehead atoms. The molecule has 36 heavy (non-hydrogen) atoms. The Labute approximate surface area is 215 Å². The lowest BCUT2D eigenvalue weighted by Crippen LogP contribution is -2.49. The van der Waals surface area contributed by atoms with Crippen LogP contribution in [0.1, 0.15) is 52.7 Å². The van der Waals surface area contributed by atoms with Crippen LogP contribution >= 0.6 is 0 Å². The first-order valence-corrected chi connectivity index (χ1v) is 15.9. The molecule has 2 aromatic rings. The van der Waals surface area contributed by atoms with Crippen molar-refractivity contribution < 1.29 is 4.79 Å². The third-order valence-corrected chi connectivity index (χ3v) is 11.6. The lowest BCUT2D eigenvalue weighted by molar-refractivity contribution is 0.0926. The molecular formula is C30H36N4OSi-. The minimum atomic E-state index is -2.00. The molecule has 0 aromatic heterocycles. The van der Waals surface area contributed by atoms with Gasteiger partial charge in [0.2, 0.25) is 0 Å². The van der Waals surface area contributed by atoms with E-state index >= 15 is 0 Å². The van der Waals surface area contributed by atoms with Crippen molar-refractivity contribution in [2.75, 3.05) is 12.8 Å². The molecule has 187 valence electrons. The largest absolute Gasteiger partial charge is 0.399 e. The number of aryl methyl sites for hydroxylation is 1. The molecule has 5 rings (SSSR count). The van der Waals surface area contributed by atoms with Crippen molar-refractivity contribution in [3.63, 3.8) is 0 Å². The van der Waals surface area contributed by atoms with Gasteiger partial charge in [-0.1, -0.05) is 38.4 Å². The lowest BCUT2D eigenvalue weighted by Gasteiger charge is -2.47. The summed E-state index contributed by atoms with van der Waals surface area (Å²) in [5, 5.41) is 5.94. The molecule has 6 heteroatoms. The normalized spacial score (nSPS) is 23.7. The molecule has 5 N–H and O–H groups in total. The minimum absolute atomic E-state index is 0.00456. The maximum Gasteiger partial charge on any atom is 0.251 e. The molecule has 0 unspecified atom stereocenters. The van der Waals surface area contributed by atoms with E-state index in [1.807, 2.05) is 25.2 Å². The lowest BCUT2D eigenvalue weighted by atomic mass is 9.87. The number of hydrogen-bond acceptors (Lipinski definition) is 4. The summed E-state index contributed by atoms with van der Waals surface area (Å²) < 4.78 is 0. The van der Waals surface area contributed by atoms with Crippen molar-refractivity contribution >= 4 is 36.1 Å². The monoisotopic (exact) mass is 496 g/mol. The molecule has 5 nitrogen and oxygen atoms in total. The van der Waals surface area contributed by atoms with E-state index in [2.05, 4.69) is 66.8 Å². The van der Waals surface area contributed by atoms with Crippen molar-refractivity contribution in [2.45, 2.75) is 57.8 Å². The van der Waals surface area contributed by atoms with Gasteiger partial charge in [-0.3, -0.25) is 9.79 Å². The summed E-state index contributed by atoms with van der Waals surface area (Å²) in [5.41, 5.74) is 20.7. The Kier molecular flexibility index (Phi) is 6.35. The smallest absolute Gasteiger partial charge is 0.251 e. The number of nitrogen functional groups attached to an aromatic ring is 1. The van der Waals surface area contributed by atoms with E-state index in [4.69, 9.17) is 11.5 Å². The van der Waals surface area contributed by atoms with Crippen LogP contribution in [-0.2, 0) is 0 Å². The summed E-state index contributed by atoms with van der Waals surface area (Å²) >= 11 is 0. The predicted molar refractivity (Wildman–Crippen MR) is 153 cm³/mol. The van der Waals surface area contributed by atoms with Crippen LogP contribution in [0.4, 0.5) is 5.69 Å². The molecule has 1 fully saturated rings. The Bertz CT molecular complexity index is 1360. The first-order chi connectivity index (χ1) is 17.2. The topological polar surface area (TPSA) is 93.5 Å². The van der Waals surface area contributed by atoms with E-state index in [0.717, 1.165) is 48.2 Å². The van der Waals surface area contributed by atoms with Crippen molar-refractivity contribution in [3.8, 4) is 0 Å². The molecule has 1 saturated carbocycles. The highest BCUT2D eigenvalue weighted by atomic mass is 28.3. The third kappa shape index (κ3) is 4.29. The van der Waals surface area contributed by atoms with Crippen LogP contribution in [-0.4, -0.2) is 38.8 Å². The van der Waals surface area contributed by atoms with Gasteiger partial charge >= 0.3 is 0 Å². The summed E-state index contributed by atoms with van der Waals surface area (Å²) in [6.07, 6.45) is 10.4. The highest BCUT2D eigenvalue weighted by molar-refractivity contribution is 6.98. The maximum atomic E-state index is 13.1. The number of carbonyl (C=O) groups is 1. The second-order valence-corrected chi connectivity index (χ2v) is 15.2. The van der Waals surface area contributed by atoms with E-state index < -0.39 is 8.07 Å². The van der Waals surface area contributed by atoms with Crippen LogP contribution in [0.3, 0.4) is 0 Å². The fourth-order valence-electron chi connectivity index (χ4n) is 5.90. The zero-order chi connectivity index (χ0) is 25.6. The number of carbonyl (C=O) groups excluding carboxylic acids is 1. The van der Waals surface area contributed by atoms with Gasteiger partial charge in [0, 0.05) is 30.4 Å². The molecule has 1 heterocycles. The number of nitrogens with one attached hydrogen (secondary N) is 1. The molecule has 3 aliphatic rings. The molecule has 0 spiro atoms. The van der Waals surface area contributed by atoms with Gasteiger partial charge in [0.05, 0.1) is 5.71 Å². The van der Waals surface area contributed by atoms with Crippen molar-refractivity contribution in [2.24, 2.45) is 10.7 Å². The van der Waals surface area contributed by atoms with Gasteiger partial charge in [-0.2, -0.15) is 23.5 Å². The second kappa shape index (κ2) is 9.34. The summed E-state index contributed by atoms with van der Waals surface area (Å²) in [6, 6.07) is 12.9. The van der Waals surface area contributed by atoms with Crippen molar-refractivity contribution in [3.05, 3.63) is 87.6 Å². The standard InChI is InChI=1S/C30H36N4OSi/c1-18-15-19(30(35)34-22-9-6-20(31)7-10-22)5-12-24(18)29-25-13-8-21(32)16-27(25)36(3,4)28-17-23(33-2)11-14-26(28)29/h5,8,11-17,20,22H,6-7,9-10,31-32H2,1-4H3,(H,34,35)/q-1. The number of anilines is 1. The van der Waals surface area contributed by atoms with E-state index in [-0.39, 0.29) is 18.0 Å². The molecule has 1 aliphatic heterocycles. The number of benzene rings is 2. The summed E-state index contributed by atoms with van der Waals surface area (Å²) in [6.45, 7) is 6.87. The van der Waals surface area contributed by atoms with Gasteiger partial charge in [0.25, 0.3) is 5.91 Å². The molecule has 2 aliphatic carbocycles. The Morgan fingerprint density at radius 1 is 1.03 bits per heavy atom. The predicted octanol–water partition coefficient (Wildman–Crippen LogP) is 4.41. The zero-order valence-corrected chi connectivity index (χ0v) is 22.7. The molecule has 2 aromatic carbocycles. The number of fused-ring (bicyclic) bond motifs is 2. The number of nitrogens with two attached hydrogens (primary N) is 2. The number of amides is 1. The Balaban J connectivity index is 1.57. The Hall–Kier alpha value is -3.22. The van der Waals surface area contributed by atoms with Crippen molar-refractivity contribution in [1.29, 1.82) is 0 Å². The van der Waals surface area contributed by atoms with E-state index in [0.29, 0.717) is 5.56 Å². The summed E-state index contributed by atoms with van der Waals surface area (Å²) in [4.78, 5) is 17.5. The van der Waals surface area contributed by atoms with Gasteiger partial charge in [-0.05, 0) is 84.7 Å². The SMILES string of the molecule is CN=C1C=CC2=C(c3ccc(C(=O)NC4CCC(N)CC4)cc3C)c3ccc(N)cc3[Si-](C)(C)C2=C1. The van der Waals surface area contributed by atoms with Crippen LogP contribution in [0.5, 0.6) is 0 Å². The zero-order valence-electron chi connectivity index (χ0n) is 21.7. The molecule has 0 radical (unpaired) electrons. The van der Waals surface area contributed by atoms with Crippen LogP contribution in [0.15, 0.2) is 70.4 Å². The molecule has 0 atom stereocenters. The minimum Gasteiger partial charge on any atom is -0.399 e. The van der Waals surface area contributed by atoms with Crippen LogP contribution in [0, 0.1) is 6.92 Å². The van der Waals surface area contributed by atoms with Gasteiger partial charge in [-0.15, -0.1) is 0 Å². The Morgan fingerprint density at radius 2 is 1.75 bits per heavy atom. The average molecular weight is 497 g/mol. The first-order valence-electron chi connectivity index (χ1n) is 12.9. The summed E-state index contributed by atoms with van der Waals surface area (Å²) in [7, 11) is -0.157. The van der Waals surface area contributed by atoms with Crippen molar-refractivity contribution in [1.82, 2.24) is 5.32 Å². The number of rotatable bonds is 3. The van der Waals surface area contributed by atoms with Gasteiger partial charge < -0.3 is 16.8 Å². The highest BCUT2D eigenvalue weighted by Gasteiger charge is 2.31. The Morgan fingerprint density at radius 3 is 2.44 bits per heavy atom. The number of allylic oxidation sites excluding steroid dienone is 5. The van der Waals surface area contributed by atoms with E-state index in [1.54, 1.807) is 0 Å². The highest BCUT2D eigenvalue weighted by Crippen LogP contribution is 2.42. The summed E-state index contributed by atoms with van der Waals surface area (Å²) in [5.74, 6) is -0.00456. The maximum absolute atomic E-state index is 13.1. The number of hydrogen-bond donors (Lipinski definition) is 3. The molecule has 0 saturated heterocycles. The van der Waals surface area contributed by atoms with E-state index in [9.17, 15) is 4.79 Å². The van der Waals surface area contributed by atoms with Crippen LogP contribution < -0.4 is 22.0 Å². The van der Waals surface area contributed by atoms with Gasteiger partial charge in [-0.25, -0.2) is 0 Å². The van der Waals surface area contributed by atoms with Crippen LogP contribution in [0.25, 0.3) is 5.57 Å². The second-order valence-electron chi connectivity index (χ2n) is 10.9. The average Bonchev–Trinajstić information content (AvgIpc) is 2.86. The van der Waals surface area contributed by atoms with Gasteiger partial charge in [0.1, 0.15) is 0 Å². The quantitative estimate of drug-likeness (QED) is 0.434.